The van der Waals surface area contributed by atoms with E-state index in [1.165, 1.54) is 22.0 Å². The predicted octanol–water partition coefficient (Wildman–Crippen LogP) is 2.73. The van der Waals surface area contributed by atoms with E-state index in [9.17, 15) is 0 Å². The summed E-state index contributed by atoms with van der Waals surface area (Å²) in [6.07, 6.45) is 3.24. The molecule has 0 fully saturated rings. The van der Waals surface area contributed by atoms with Crippen LogP contribution in [0, 0.1) is 0 Å². The van der Waals surface area contributed by atoms with Crippen LogP contribution in [-0.4, -0.2) is 30.6 Å². The number of nitrogens with zero attached hydrogens (tertiary/aromatic N) is 1. The second-order valence-corrected chi connectivity index (χ2v) is 4.82. The average molecular weight is 230 g/mol. The summed E-state index contributed by atoms with van der Waals surface area (Å²) in [6, 6.07) is 4.57. The largest absolute Gasteiger partial charge is 0.496 e. The van der Waals surface area contributed by atoms with Gasteiger partial charge in [-0.1, -0.05) is 0 Å². The van der Waals surface area contributed by atoms with Crippen molar-refractivity contribution in [2.45, 2.75) is 19.4 Å². The Morgan fingerprint density at radius 3 is 3.00 bits per heavy atom. The van der Waals surface area contributed by atoms with Crippen molar-refractivity contribution >= 4 is 10.9 Å². The van der Waals surface area contributed by atoms with Crippen LogP contribution in [0.3, 0.4) is 0 Å². The van der Waals surface area contributed by atoms with Gasteiger partial charge in [-0.3, -0.25) is 4.90 Å². The number of hydrogen-bond acceptors (Lipinski definition) is 2. The van der Waals surface area contributed by atoms with E-state index in [4.69, 9.17) is 4.74 Å². The van der Waals surface area contributed by atoms with E-state index in [0.29, 0.717) is 6.04 Å². The molecule has 0 spiro atoms. The van der Waals surface area contributed by atoms with E-state index in [0.717, 1.165) is 18.7 Å². The molecule has 3 rings (SSSR count). The van der Waals surface area contributed by atoms with Gasteiger partial charge in [0.15, 0.2) is 0 Å². The average Bonchev–Trinajstić information content (AvgIpc) is 2.71. The summed E-state index contributed by atoms with van der Waals surface area (Å²) < 4.78 is 5.54. The zero-order valence-corrected chi connectivity index (χ0v) is 10.6. The molecule has 2 heterocycles. The number of aromatic nitrogens is 1. The first kappa shape index (κ1) is 10.7. The lowest BCUT2D eigenvalue weighted by Crippen LogP contribution is -2.23. The molecule has 90 valence electrons. The zero-order chi connectivity index (χ0) is 12.0. The molecular weight excluding hydrogens is 212 g/mol. The number of aromatic amines is 1. The Morgan fingerprint density at radius 2 is 2.24 bits per heavy atom. The SMILES string of the molecule is COc1ccc2[nH]cc3c2c1C(C)N(C)CC3. The highest BCUT2D eigenvalue weighted by atomic mass is 16.5. The monoisotopic (exact) mass is 230 g/mol. The summed E-state index contributed by atoms with van der Waals surface area (Å²) >= 11 is 0. The maximum atomic E-state index is 5.54. The molecule has 3 nitrogen and oxygen atoms in total. The number of hydrogen-bond donors (Lipinski definition) is 1. The van der Waals surface area contributed by atoms with E-state index in [1.807, 2.05) is 0 Å². The summed E-state index contributed by atoms with van der Waals surface area (Å²) in [4.78, 5) is 5.75. The van der Waals surface area contributed by atoms with Crippen LogP contribution >= 0.6 is 0 Å². The van der Waals surface area contributed by atoms with Crippen LogP contribution in [0.4, 0.5) is 0 Å². The Balaban J connectivity index is 2.36. The fraction of sp³-hybridized carbons (Fsp3) is 0.429. The first-order chi connectivity index (χ1) is 8.22. The fourth-order valence-corrected chi connectivity index (χ4v) is 2.80. The van der Waals surface area contributed by atoms with Gasteiger partial charge in [-0.2, -0.15) is 0 Å². The number of likely N-dealkylation sites (N-methyl/N-ethyl adjacent to an activating group) is 1. The topological polar surface area (TPSA) is 28.3 Å². The maximum absolute atomic E-state index is 5.54. The van der Waals surface area contributed by atoms with Crippen LogP contribution in [0.25, 0.3) is 10.9 Å². The summed E-state index contributed by atoms with van der Waals surface area (Å²) in [5.74, 6) is 1.000. The summed E-state index contributed by atoms with van der Waals surface area (Å²) in [5, 5.41) is 1.36. The zero-order valence-electron chi connectivity index (χ0n) is 10.6. The van der Waals surface area contributed by atoms with Gasteiger partial charge in [-0.25, -0.2) is 0 Å². The lowest BCUT2D eigenvalue weighted by Gasteiger charge is -2.24. The second-order valence-electron chi connectivity index (χ2n) is 4.82. The molecule has 1 aliphatic heterocycles. The summed E-state index contributed by atoms with van der Waals surface area (Å²) in [6.45, 7) is 3.34. The van der Waals surface area contributed by atoms with E-state index in [-0.39, 0.29) is 0 Å². The number of nitrogens with one attached hydrogen (secondary N) is 1. The van der Waals surface area contributed by atoms with Gasteiger partial charge in [0.25, 0.3) is 0 Å². The van der Waals surface area contributed by atoms with Crippen LogP contribution in [0.1, 0.15) is 24.1 Å². The molecule has 1 unspecified atom stereocenters. The molecule has 17 heavy (non-hydrogen) atoms. The van der Waals surface area contributed by atoms with Crippen molar-refractivity contribution in [3.63, 3.8) is 0 Å². The van der Waals surface area contributed by atoms with Gasteiger partial charge in [-0.05, 0) is 38.1 Å². The third-order valence-corrected chi connectivity index (χ3v) is 3.96. The van der Waals surface area contributed by atoms with Crippen molar-refractivity contribution in [3.8, 4) is 5.75 Å². The van der Waals surface area contributed by atoms with Crippen molar-refractivity contribution in [2.75, 3.05) is 20.7 Å². The molecular formula is C14H18N2O. The number of ether oxygens (including phenoxy) is 1. The fourth-order valence-electron chi connectivity index (χ4n) is 2.80. The molecule has 0 saturated heterocycles. The molecule has 0 radical (unpaired) electrons. The van der Waals surface area contributed by atoms with E-state index in [2.05, 4.69) is 42.2 Å². The van der Waals surface area contributed by atoms with Crippen molar-refractivity contribution in [1.82, 2.24) is 9.88 Å². The van der Waals surface area contributed by atoms with Gasteiger partial charge in [0.1, 0.15) is 5.75 Å². The van der Waals surface area contributed by atoms with Crippen LogP contribution in [0.2, 0.25) is 0 Å². The van der Waals surface area contributed by atoms with Crippen LogP contribution in [-0.2, 0) is 6.42 Å². The highest BCUT2D eigenvalue weighted by Gasteiger charge is 2.24. The minimum Gasteiger partial charge on any atom is -0.496 e. The minimum atomic E-state index is 0.394. The van der Waals surface area contributed by atoms with E-state index >= 15 is 0 Å². The Morgan fingerprint density at radius 1 is 1.41 bits per heavy atom. The first-order valence-corrected chi connectivity index (χ1v) is 6.09. The molecule has 2 aromatic rings. The highest BCUT2D eigenvalue weighted by molar-refractivity contribution is 5.89. The number of methoxy groups -OCH3 is 1. The highest BCUT2D eigenvalue weighted by Crippen LogP contribution is 2.39. The maximum Gasteiger partial charge on any atom is 0.124 e. The summed E-state index contributed by atoms with van der Waals surface area (Å²) in [7, 11) is 3.93. The number of rotatable bonds is 1. The quantitative estimate of drug-likeness (QED) is 0.816. The molecule has 1 atom stereocenters. The summed E-state index contributed by atoms with van der Waals surface area (Å²) in [5.41, 5.74) is 3.95. The van der Waals surface area contributed by atoms with Gasteiger partial charge < -0.3 is 9.72 Å². The van der Waals surface area contributed by atoms with E-state index < -0.39 is 0 Å². The minimum absolute atomic E-state index is 0.394. The molecule has 0 aliphatic carbocycles. The van der Waals surface area contributed by atoms with Gasteiger partial charge >= 0.3 is 0 Å². The van der Waals surface area contributed by atoms with Crippen molar-refractivity contribution in [3.05, 3.63) is 29.5 Å². The van der Waals surface area contributed by atoms with Gasteiger partial charge in [0, 0.05) is 35.2 Å². The molecule has 1 aliphatic rings. The third-order valence-electron chi connectivity index (χ3n) is 3.96. The standard InChI is InChI=1S/C14H18N2O/c1-9-13-12(17-3)5-4-11-14(13)10(8-15-11)6-7-16(9)2/h4-5,8-9,15H,6-7H2,1-3H3. The second kappa shape index (κ2) is 3.77. The molecule has 0 saturated carbocycles. The molecule has 3 heteroatoms. The van der Waals surface area contributed by atoms with Crippen LogP contribution in [0.5, 0.6) is 5.75 Å². The van der Waals surface area contributed by atoms with Crippen LogP contribution in [0.15, 0.2) is 18.3 Å². The Hall–Kier alpha value is -1.48. The van der Waals surface area contributed by atoms with E-state index in [1.54, 1.807) is 7.11 Å². The normalized spacial score (nSPS) is 20.5. The van der Waals surface area contributed by atoms with Gasteiger partial charge in [-0.15, -0.1) is 0 Å². The smallest absolute Gasteiger partial charge is 0.124 e. The molecule has 0 bridgehead atoms. The lowest BCUT2D eigenvalue weighted by atomic mass is 10.00. The molecule has 1 N–H and O–H groups in total. The van der Waals surface area contributed by atoms with Crippen molar-refractivity contribution in [1.29, 1.82) is 0 Å². The number of H-pyrrole nitrogens is 1. The van der Waals surface area contributed by atoms with Crippen LogP contribution < -0.4 is 4.74 Å². The van der Waals surface area contributed by atoms with Crippen molar-refractivity contribution < 1.29 is 4.74 Å². The van der Waals surface area contributed by atoms with Crippen molar-refractivity contribution in [2.24, 2.45) is 0 Å². The third kappa shape index (κ3) is 1.46. The van der Waals surface area contributed by atoms with Gasteiger partial charge in [0.05, 0.1) is 7.11 Å². The predicted molar refractivity (Wildman–Crippen MR) is 69.6 cm³/mol. The number of benzene rings is 1. The Labute approximate surface area is 101 Å². The lowest BCUT2D eigenvalue weighted by molar-refractivity contribution is 0.263. The first-order valence-electron chi connectivity index (χ1n) is 6.09. The molecule has 1 aromatic heterocycles. The van der Waals surface area contributed by atoms with Gasteiger partial charge in [0.2, 0.25) is 0 Å². The molecule has 0 amide bonds. The molecule has 1 aromatic carbocycles. The Kier molecular flexibility index (Phi) is 2.37. The Bertz CT molecular complexity index is 559.